The lowest BCUT2D eigenvalue weighted by molar-refractivity contribution is 0.0696. The molecule has 2 aromatic carbocycles. The number of aromatic nitrogens is 2. The Morgan fingerprint density at radius 2 is 1.95 bits per heavy atom. The number of hydrogen-bond acceptors (Lipinski definition) is 6. The van der Waals surface area contributed by atoms with E-state index in [2.05, 4.69) is 34.1 Å². The van der Waals surface area contributed by atoms with E-state index in [9.17, 15) is 14.3 Å². The summed E-state index contributed by atoms with van der Waals surface area (Å²) in [7, 11) is 0. The van der Waals surface area contributed by atoms with Crippen molar-refractivity contribution >= 4 is 61.9 Å². The molecule has 0 unspecified atom stereocenters. The van der Waals surface area contributed by atoms with Crippen LogP contribution in [0.4, 0.5) is 9.52 Å². The fourth-order valence-electron chi connectivity index (χ4n) is 4.91. The van der Waals surface area contributed by atoms with Gasteiger partial charge >= 0.3 is 5.97 Å². The number of carbonyl (C=O) groups is 1. The van der Waals surface area contributed by atoms with Crippen molar-refractivity contribution in [1.82, 2.24) is 10.1 Å². The van der Waals surface area contributed by atoms with Crippen molar-refractivity contribution in [2.45, 2.75) is 38.5 Å². The van der Waals surface area contributed by atoms with E-state index in [1.165, 1.54) is 17.4 Å². The lowest BCUT2D eigenvalue weighted by Gasteiger charge is -2.37. The molecule has 196 valence electrons. The van der Waals surface area contributed by atoms with E-state index in [0.717, 1.165) is 56.2 Å². The molecule has 10 heteroatoms. The van der Waals surface area contributed by atoms with Gasteiger partial charge in [-0.3, -0.25) is 0 Å². The van der Waals surface area contributed by atoms with E-state index < -0.39 is 11.8 Å². The van der Waals surface area contributed by atoms with E-state index >= 15 is 0 Å². The van der Waals surface area contributed by atoms with Crippen molar-refractivity contribution in [3.8, 4) is 11.3 Å². The van der Waals surface area contributed by atoms with Gasteiger partial charge in [-0.2, -0.15) is 0 Å². The molecule has 1 saturated carbocycles. The Morgan fingerprint density at radius 1 is 1.24 bits per heavy atom. The zero-order valence-electron chi connectivity index (χ0n) is 20.5. The number of hydrogen-bond donors (Lipinski definition) is 1. The predicted molar refractivity (Wildman–Crippen MR) is 149 cm³/mol. The maximum Gasteiger partial charge on any atom is 0.335 e. The molecule has 0 bridgehead atoms. The topological polar surface area (TPSA) is 79.5 Å². The van der Waals surface area contributed by atoms with E-state index in [0.29, 0.717) is 37.1 Å². The highest BCUT2D eigenvalue weighted by Crippen LogP contribution is 2.47. The molecule has 1 N–H and O–H groups in total. The van der Waals surface area contributed by atoms with Crippen LogP contribution in [0.1, 0.15) is 60.2 Å². The summed E-state index contributed by atoms with van der Waals surface area (Å²) < 4.78 is 20.8. The standard InChI is InChI=1S/C28H24Cl2FN3O3S/c1-28(8-7-17-23(33-37-25(17)15-5-6-15)22-18(29)3-2-4-19(22)30)9-11-34(12-10-28)27-32-24-20(31)13-16(26(35)36)14-21(24)38-27/h2-4,7-8,13-15H,5-6,9-12H2,1H3,(H,35,36). The second-order valence-corrected chi connectivity index (χ2v) is 12.1. The molecule has 2 aromatic heterocycles. The number of carboxylic acid groups (broad SMARTS) is 1. The monoisotopic (exact) mass is 571 g/mol. The Labute approximate surface area is 232 Å². The molecule has 2 fully saturated rings. The summed E-state index contributed by atoms with van der Waals surface area (Å²) in [6, 6.07) is 7.92. The van der Waals surface area contributed by atoms with Gasteiger partial charge in [-0.25, -0.2) is 14.2 Å². The van der Waals surface area contributed by atoms with Gasteiger partial charge in [-0.1, -0.05) is 64.8 Å². The van der Waals surface area contributed by atoms with Gasteiger partial charge < -0.3 is 14.5 Å². The van der Waals surface area contributed by atoms with Crippen LogP contribution in [0.2, 0.25) is 10.0 Å². The molecule has 0 spiro atoms. The molecule has 1 saturated heterocycles. The molecule has 0 atom stereocenters. The van der Waals surface area contributed by atoms with Crippen LogP contribution in [0.15, 0.2) is 40.9 Å². The summed E-state index contributed by atoms with van der Waals surface area (Å²) in [5, 5.41) is 15.4. The molecule has 6 rings (SSSR count). The van der Waals surface area contributed by atoms with Gasteiger partial charge in [0.15, 0.2) is 10.9 Å². The van der Waals surface area contributed by atoms with Crippen molar-refractivity contribution in [2.75, 3.05) is 18.0 Å². The fourth-order valence-corrected chi connectivity index (χ4v) is 6.56. The van der Waals surface area contributed by atoms with Crippen LogP contribution >= 0.6 is 34.5 Å². The first-order valence-electron chi connectivity index (χ1n) is 12.4. The Kier molecular flexibility index (Phi) is 6.45. The SMILES string of the molecule is CC1(C=Cc2c(-c3c(Cl)cccc3Cl)noc2C2CC2)CCN(c2nc3c(F)cc(C(=O)O)cc3s2)CC1. The van der Waals surface area contributed by atoms with Gasteiger partial charge in [0.25, 0.3) is 0 Å². The molecule has 1 aliphatic heterocycles. The van der Waals surface area contributed by atoms with Crippen LogP contribution in [-0.2, 0) is 0 Å². The molecule has 3 heterocycles. The number of fused-ring (bicyclic) bond motifs is 1. The fraction of sp³-hybridized carbons (Fsp3) is 0.321. The average molecular weight is 572 g/mol. The Bertz CT molecular complexity index is 1570. The first-order valence-corrected chi connectivity index (χ1v) is 14.0. The van der Waals surface area contributed by atoms with Gasteiger partial charge in [0, 0.05) is 30.1 Å². The highest BCUT2D eigenvalue weighted by atomic mass is 35.5. The van der Waals surface area contributed by atoms with Gasteiger partial charge in [-0.05, 0) is 55.4 Å². The molecule has 0 radical (unpaired) electrons. The quantitative estimate of drug-likeness (QED) is 0.250. The molecule has 0 amide bonds. The summed E-state index contributed by atoms with van der Waals surface area (Å²) in [5.74, 6) is -0.515. The Balaban J connectivity index is 1.24. The largest absolute Gasteiger partial charge is 0.478 e. The summed E-state index contributed by atoms with van der Waals surface area (Å²) in [5.41, 5.74) is 2.35. The summed E-state index contributed by atoms with van der Waals surface area (Å²) in [6.45, 7) is 3.72. The molecule has 2 aliphatic rings. The van der Waals surface area contributed by atoms with Crippen LogP contribution in [0, 0.1) is 11.2 Å². The van der Waals surface area contributed by atoms with Gasteiger partial charge in [0.2, 0.25) is 0 Å². The smallest absolute Gasteiger partial charge is 0.335 e. The molecule has 4 aromatic rings. The third-order valence-electron chi connectivity index (χ3n) is 7.42. The Morgan fingerprint density at radius 3 is 2.61 bits per heavy atom. The molecular weight excluding hydrogens is 548 g/mol. The number of piperidine rings is 1. The third-order valence-corrected chi connectivity index (χ3v) is 9.11. The molecule has 1 aliphatic carbocycles. The minimum Gasteiger partial charge on any atom is -0.478 e. The number of benzene rings is 2. The second-order valence-electron chi connectivity index (χ2n) is 10.3. The first-order chi connectivity index (χ1) is 18.2. The van der Waals surface area contributed by atoms with Crippen LogP contribution in [-0.4, -0.2) is 34.3 Å². The maximum atomic E-state index is 14.5. The average Bonchev–Trinajstić information content (AvgIpc) is 3.49. The van der Waals surface area contributed by atoms with Gasteiger partial charge in [-0.15, -0.1) is 0 Å². The molecule has 38 heavy (non-hydrogen) atoms. The minimum absolute atomic E-state index is 0.0710. The minimum atomic E-state index is -1.15. The number of rotatable bonds is 6. The van der Waals surface area contributed by atoms with Crippen LogP contribution in [0.5, 0.6) is 0 Å². The second kappa shape index (κ2) is 9.67. The first kappa shape index (κ1) is 25.3. The van der Waals surface area contributed by atoms with Crippen molar-refractivity contribution in [3.63, 3.8) is 0 Å². The number of aromatic carboxylic acids is 1. The van der Waals surface area contributed by atoms with Crippen LogP contribution in [0.25, 0.3) is 27.6 Å². The molecule has 6 nitrogen and oxygen atoms in total. The lowest BCUT2D eigenvalue weighted by atomic mass is 9.79. The van der Waals surface area contributed by atoms with Crippen molar-refractivity contribution in [2.24, 2.45) is 5.41 Å². The number of nitrogens with zero attached hydrogens (tertiary/aromatic N) is 3. The third kappa shape index (κ3) is 4.70. The lowest BCUT2D eigenvalue weighted by Crippen LogP contribution is -2.37. The van der Waals surface area contributed by atoms with Crippen molar-refractivity contribution in [3.05, 3.63) is 69.2 Å². The van der Waals surface area contributed by atoms with E-state index in [1.54, 1.807) is 12.1 Å². The number of allylic oxidation sites excluding steroid dienone is 1. The highest BCUT2D eigenvalue weighted by molar-refractivity contribution is 7.22. The number of anilines is 1. The summed E-state index contributed by atoms with van der Waals surface area (Å²) >= 11 is 14.3. The maximum absolute atomic E-state index is 14.5. The Hall–Kier alpha value is -2.94. The van der Waals surface area contributed by atoms with Crippen LogP contribution < -0.4 is 4.90 Å². The summed E-state index contributed by atoms with van der Waals surface area (Å²) in [4.78, 5) is 17.9. The van der Waals surface area contributed by atoms with Gasteiger partial charge in [0.05, 0.1) is 20.3 Å². The van der Waals surface area contributed by atoms with E-state index in [1.807, 2.05) is 6.07 Å². The number of halogens is 3. The normalized spacial score (nSPS) is 17.5. The van der Waals surface area contributed by atoms with E-state index in [4.69, 9.17) is 27.7 Å². The van der Waals surface area contributed by atoms with Gasteiger partial charge in [0.1, 0.15) is 17.0 Å². The van der Waals surface area contributed by atoms with Crippen molar-refractivity contribution < 1.29 is 18.8 Å². The predicted octanol–water partition coefficient (Wildman–Crippen LogP) is 8.29. The van der Waals surface area contributed by atoms with E-state index in [-0.39, 0.29) is 16.5 Å². The van der Waals surface area contributed by atoms with Crippen molar-refractivity contribution in [1.29, 1.82) is 0 Å². The summed E-state index contributed by atoms with van der Waals surface area (Å²) in [6.07, 6.45) is 8.23. The zero-order chi connectivity index (χ0) is 26.6. The van der Waals surface area contributed by atoms with Crippen LogP contribution in [0.3, 0.4) is 0 Å². The number of thiazole rings is 1. The zero-order valence-corrected chi connectivity index (χ0v) is 22.8. The number of carboxylic acids is 1. The molecular formula is C28H24Cl2FN3O3S. The highest BCUT2D eigenvalue weighted by Gasteiger charge is 2.34.